The minimum atomic E-state index is -4.00. The maximum absolute atomic E-state index is 15.2. The first-order chi connectivity index (χ1) is 13.8. The molecule has 0 saturated heterocycles. The van der Waals surface area contributed by atoms with Crippen molar-refractivity contribution >= 4 is 66.3 Å². The van der Waals surface area contributed by atoms with Crippen LogP contribution in [0, 0.1) is 5.82 Å². The standard InChI is InChI=1S/C19H15Cl2FN2O2S.FH.In/c1-2-24-11-12(10-23-24)8-16(14(21)9-20)27-15-5-3-4-13(17(15)22)19(6-7-19)18(25)26;;/h3-5,10-11H,2,6-7H2,1H3,(H,25,26);1H;/q;;+1/p-1. The van der Waals surface area contributed by atoms with E-state index in [0.29, 0.717) is 33.2 Å². The zero-order chi connectivity index (χ0) is 20.9. The number of carboxylic acids is 1. The molecule has 1 aliphatic heterocycles. The van der Waals surface area contributed by atoms with Crippen LogP contribution in [0.1, 0.15) is 30.9 Å². The van der Waals surface area contributed by atoms with Gasteiger partial charge in [0.2, 0.25) is 0 Å². The Hall–Kier alpha value is -0.960. The third-order valence-corrected chi connectivity index (χ3v) is 14.9. The first-order valence-corrected chi connectivity index (χ1v) is 15.1. The number of hydrogen-bond acceptors (Lipinski definition) is 3. The fourth-order valence-electron chi connectivity index (χ4n) is 3.43. The summed E-state index contributed by atoms with van der Waals surface area (Å²) >= 11 is 9.50. The zero-order valence-corrected chi connectivity index (χ0v) is 20.9. The van der Waals surface area contributed by atoms with Gasteiger partial charge in [0.1, 0.15) is 0 Å². The van der Waals surface area contributed by atoms with Crippen LogP contribution in [0.2, 0.25) is 0 Å². The van der Waals surface area contributed by atoms with Crippen molar-refractivity contribution in [2.45, 2.75) is 36.6 Å². The predicted octanol–water partition coefficient (Wildman–Crippen LogP) is 5.40. The Morgan fingerprint density at radius 3 is 2.72 bits per heavy atom. The van der Waals surface area contributed by atoms with Crippen LogP contribution in [0.25, 0.3) is 3.33 Å². The van der Waals surface area contributed by atoms with Crippen molar-refractivity contribution in [2.24, 2.45) is 0 Å². The molecule has 0 radical (unpaired) electrons. The quantitative estimate of drug-likeness (QED) is 0.515. The SMILES string of the molecule is CCn1cc([C]2=C(Sc3cccc(C4(C(=O)O)CC4)c3F)C(Cl)=[C](Cl)[In]2[F])cn1. The second-order valence-corrected chi connectivity index (χ2v) is 15.2. The van der Waals surface area contributed by atoms with Crippen molar-refractivity contribution in [1.29, 1.82) is 0 Å². The molecule has 10 heteroatoms. The van der Waals surface area contributed by atoms with Gasteiger partial charge in [-0.3, -0.25) is 0 Å². The van der Waals surface area contributed by atoms with Crippen LogP contribution < -0.4 is 0 Å². The van der Waals surface area contributed by atoms with E-state index in [4.69, 9.17) is 23.2 Å². The monoisotopic (exact) mass is 558 g/mol. The summed E-state index contributed by atoms with van der Waals surface area (Å²) in [6.07, 6.45) is 4.09. The van der Waals surface area contributed by atoms with E-state index in [2.05, 4.69) is 5.10 Å². The molecule has 0 atom stereocenters. The molecule has 1 fully saturated rings. The summed E-state index contributed by atoms with van der Waals surface area (Å²) in [6.45, 7) is 2.55. The van der Waals surface area contributed by atoms with Crippen molar-refractivity contribution in [2.75, 3.05) is 0 Å². The van der Waals surface area contributed by atoms with Gasteiger partial charge in [0.15, 0.2) is 0 Å². The average molecular weight is 559 g/mol. The minimum absolute atomic E-state index is 0.0518. The molecular formula is C19H15Cl2F2InN2O2S. The topological polar surface area (TPSA) is 55.1 Å². The number of hydrogen-bond donors (Lipinski definition) is 1. The number of carbonyl (C=O) groups is 1. The number of rotatable bonds is 6. The van der Waals surface area contributed by atoms with Gasteiger partial charge in [0, 0.05) is 0 Å². The van der Waals surface area contributed by atoms with E-state index in [0.717, 1.165) is 11.8 Å². The van der Waals surface area contributed by atoms with Gasteiger partial charge in [-0.25, -0.2) is 0 Å². The molecule has 1 N–H and O–H groups in total. The van der Waals surface area contributed by atoms with Crippen LogP contribution in [-0.2, 0) is 16.8 Å². The first kappa shape index (κ1) is 21.3. The van der Waals surface area contributed by atoms with Crippen LogP contribution in [0.5, 0.6) is 0 Å². The second kappa shape index (κ2) is 7.94. The molecular weight excluding hydrogens is 544 g/mol. The second-order valence-electron chi connectivity index (χ2n) is 6.96. The number of carboxylic acid groups (broad SMARTS) is 1. The van der Waals surface area contributed by atoms with Crippen molar-refractivity contribution < 1.29 is 17.0 Å². The first-order valence-electron chi connectivity index (χ1n) is 8.97. The number of allylic oxidation sites excluding steroid dienone is 1. The number of aryl methyl sites for hydroxylation is 1. The van der Waals surface area contributed by atoms with Gasteiger partial charge in [-0.1, -0.05) is 0 Å². The van der Waals surface area contributed by atoms with Crippen LogP contribution in [-0.4, -0.2) is 42.9 Å². The molecule has 0 unspecified atom stereocenters. The van der Waals surface area contributed by atoms with E-state index in [1.165, 1.54) is 6.07 Å². The van der Waals surface area contributed by atoms with E-state index < -0.39 is 39.2 Å². The number of benzene rings is 1. The Bertz CT molecular complexity index is 1080. The molecule has 150 valence electrons. The van der Waals surface area contributed by atoms with Crippen LogP contribution >= 0.6 is 35.0 Å². The molecule has 4 rings (SSSR count). The van der Waals surface area contributed by atoms with E-state index in [-0.39, 0.29) is 18.3 Å². The van der Waals surface area contributed by atoms with Crippen molar-refractivity contribution in [3.8, 4) is 0 Å². The van der Waals surface area contributed by atoms with E-state index >= 15 is 7.06 Å². The molecule has 1 aromatic heterocycles. The van der Waals surface area contributed by atoms with Crippen LogP contribution in [0.15, 0.2) is 48.2 Å². The van der Waals surface area contributed by atoms with Gasteiger partial charge in [-0.05, 0) is 0 Å². The summed E-state index contributed by atoms with van der Waals surface area (Å²) in [5, 5.41) is 13.8. The summed E-state index contributed by atoms with van der Waals surface area (Å²) in [6, 6.07) is 4.65. The zero-order valence-electron chi connectivity index (χ0n) is 15.3. The van der Waals surface area contributed by atoms with Gasteiger partial charge in [-0.15, -0.1) is 0 Å². The number of halogens is 4. The number of aliphatic carboxylic acids is 1. The van der Waals surface area contributed by atoms with Gasteiger partial charge in [0.05, 0.1) is 0 Å². The summed E-state index contributed by atoms with van der Waals surface area (Å²) in [5.74, 6) is -1.64. The van der Waals surface area contributed by atoms with Crippen molar-refractivity contribution in [3.63, 3.8) is 0 Å². The molecule has 2 heterocycles. The Labute approximate surface area is 189 Å². The summed E-state index contributed by atoms with van der Waals surface area (Å²) < 4.78 is 32.5. The number of nitrogens with zero attached hydrogens (tertiary/aromatic N) is 2. The van der Waals surface area contributed by atoms with Crippen LogP contribution in [0.4, 0.5) is 7.06 Å². The molecule has 0 amide bonds. The third kappa shape index (κ3) is 3.56. The number of thioether (sulfide) groups is 1. The molecule has 4 nitrogen and oxygen atoms in total. The summed E-state index contributed by atoms with van der Waals surface area (Å²) in [4.78, 5) is 12.2. The molecule has 0 spiro atoms. The fraction of sp³-hybridized carbons (Fsp3) is 0.263. The molecule has 1 aliphatic carbocycles. The maximum atomic E-state index is 15.2. The Kier molecular flexibility index (Phi) is 5.83. The van der Waals surface area contributed by atoms with Gasteiger partial charge < -0.3 is 0 Å². The number of aromatic nitrogens is 2. The summed E-state index contributed by atoms with van der Waals surface area (Å²) in [7, 11) is 0. The van der Waals surface area contributed by atoms with Crippen LogP contribution in [0.3, 0.4) is 0 Å². The van der Waals surface area contributed by atoms with E-state index in [9.17, 15) is 9.90 Å². The molecule has 1 aromatic carbocycles. The fourth-order valence-corrected chi connectivity index (χ4v) is 12.0. The molecule has 2 aliphatic rings. The Morgan fingerprint density at radius 2 is 2.14 bits per heavy atom. The molecule has 29 heavy (non-hydrogen) atoms. The molecule has 1 saturated carbocycles. The third-order valence-electron chi connectivity index (χ3n) is 5.25. The van der Waals surface area contributed by atoms with E-state index in [1.807, 2.05) is 6.92 Å². The van der Waals surface area contributed by atoms with E-state index in [1.54, 1.807) is 29.2 Å². The summed E-state index contributed by atoms with van der Waals surface area (Å²) in [5.41, 5.74) is -0.415. The normalized spacial score (nSPS) is 18.0. The van der Waals surface area contributed by atoms with Crippen molar-refractivity contribution in [3.05, 3.63) is 60.3 Å². The molecule has 0 bridgehead atoms. The average Bonchev–Trinajstić information content (AvgIpc) is 3.33. The Morgan fingerprint density at radius 1 is 1.41 bits per heavy atom. The predicted molar refractivity (Wildman–Crippen MR) is 111 cm³/mol. The van der Waals surface area contributed by atoms with Gasteiger partial charge >= 0.3 is 190 Å². The molecule has 2 aromatic rings. The van der Waals surface area contributed by atoms with Gasteiger partial charge in [0.25, 0.3) is 0 Å². The van der Waals surface area contributed by atoms with Crippen molar-refractivity contribution in [1.82, 2.24) is 9.78 Å². The Balaban J connectivity index is 1.78. The van der Waals surface area contributed by atoms with Gasteiger partial charge in [-0.2, -0.15) is 0 Å².